The number of nitrogens with zero attached hydrogens (tertiary/aromatic N) is 9. The quantitative estimate of drug-likeness (QED) is 0.487. The summed E-state index contributed by atoms with van der Waals surface area (Å²) in [6, 6.07) is 7.94. The molecule has 0 saturated heterocycles. The van der Waals surface area contributed by atoms with Gasteiger partial charge >= 0.3 is 0 Å². The van der Waals surface area contributed by atoms with Gasteiger partial charge < -0.3 is 0 Å². The minimum absolute atomic E-state index is 0.0841. The van der Waals surface area contributed by atoms with Gasteiger partial charge in [-0.2, -0.15) is 5.26 Å². The zero-order valence-corrected chi connectivity index (χ0v) is 14.1. The first-order valence-electron chi connectivity index (χ1n) is 8.14. The third-order valence-corrected chi connectivity index (χ3v) is 4.47. The molecule has 5 aromatic rings. The van der Waals surface area contributed by atoms with Gasteiger partial charge in [0.25, 0.3) is 0 Å². The number of hydrogen-bond donors (Lipinski definition) is 0. The molecule has 0 bridgehead atoms. The van der Waals surface area contributed by atoms with Gasteiger partial charge in [-0.1, -0.05) is 31.2 Å². The third-order valence-electron chi connectivity index (χ3n) is 4.47. The van der Waals surface area contributed by atoms with E-state index in [1.807, 2.05) is 53.1 Å². The van der Waals surface area contributed by atoms with E-state index < -0.39 is 0 Å². The molecule has 0 aliphatic heterocycles. The van der Waals surface area contributed by atoms with E-state index >= 15 is 0 Å². The van der Waals surface area contributed by atoms with Crippen molar-refractivity contribution >= 4 is 22.2 Å². The summed E-state index contributed by atoms with van der Waals surface area (Å²) in [5.74, 6) is 0.604. The van der Waals surface area contributed by atoms with Crippen LogP contribution < -0.4 is 0 Å². The van der Waals surface area contributed by atoms with E-state index in [4.69, 9.17) is 0 Å². The Bertz CT molecular complexity index is 1330. The molecular formula is C17H13N9. The highest BCUT2D eigenvalue weighted by molar-refractivity contribution is 5.94. The van der Waals surface area contributed by atoms with E-state index in [0.717, 1.165) is 16.6 Å². The van der Waals surface area contributed by atoms with Crippen LogP contribution in [0.3, 0.4) is 0 Å². The smallest absolute Gasteiger partial charge is 0.208 e. The van der Waals surface area contributed by atoms with Crippen LogP contribution in [-0.4, -0.2) is 39.0 Å². The molecule has 4 aromatic heterocycles. The average Bonchev–Trinajstić information content (AvgIpc) is 3.37. The first-order chi connectivity index (χ1) is 12.7. The second-order valence-electron chi connectivity index (χ2n) is 6.31. The van der Waals surface area contributed by atoms with Gasteiger partial charge in [0.2, 0.25) is 6.19 Å². The monoisotopic (exact) mass is 343 g/mol. The minimum Gasteiger partial charge on any atom is -0.284 e. The van der Waals surface area contributed by atoms with Crippen LogP contribution in [0, 0.1) is 11.5 Å². The third kappa shape index (κ3) is 1.75. The van der Waals surface area contributed by atoms with Gasteiger partial charge in [-0.05, 0) is 18.1 Å². The Labute approximate surface area is 147 Å². The van der Waals surface area contributed by atoms with Crippen LogP contribution in [0.4, 0.5) is 0 Å². The molecule has 9 heteroatoms. The lowest BCUT2D eigenvalue weighted by molar-refractivity contribution is 0.782. The van der Waals surface area contributed by atoms with Crippen molar-refractivity contribution in [1.82, 2.24) is 39.0 Å². The molecule has 0 aliphatic carbocycles. The number of aromatic nitrogens is 8. The molecule has 0 aliphatic rings. The number of nitriles is 1. The molecule has 9 nitrogen and oxygen atoms in total. The van der Waals surface area contributed by atoms with Gasteiger partial charge in [-0.3, -0.25) is 8.80 Å². The highest BCUT2D eigenvalue weighted by Crippen LogP contribution is 2.30. The fraction of sp³-hybridized carbons (Fsp3) is 0.176. The zero-order chi connectivity index (χ0) is 17.8. The number of imidazole rings is 1. The Morgan fingerprint density at radius 2 is 1.96 bits per heavy atom. The van der Waals surface area contributed by atoms with Gasteiger partial charge in [-0.15, -0.1) is 20.0 Å². The van der Waals surface area contributed by atoms with Crippen LogP contribution in [-0.2, 0) is 0 Å². The van der Waals surface area contributed by atoms with E-state index in [1.165, 1.54) is 4.68 Å². The number of rotatable bonds is 2. The Morgan fingerprint density at radius 1 is 1.12 bits per heavy atom. The predicted octanol–water partition coefficient (Wildman–Crippen LogP) is 2.24. The molecule has 26 heavy (non-hydrogen) atoms. The summed E-state index contributed by atoms with van der Waals surface area (Å²) < 4.78 is 5.06. The number of fused-ring (bicyclic) bond motifs is 6. The van der Waals surface area contributed by atoms with Crippen LogP contribution in [0.2, 0.25) is 0 Å². The molecule has 0 radical (unpaired) electrons. The van der Waals surface area contributed by atoms with Crippen LogP contribution >= 0.6 is 0 Å². The fourth-order valence-electron chi connectivity index (χ4n) is 3.30. The summed E-state index contributed by atoms with van der Waals surface area (Å²) in [5, 5.41) is 27.3. The second-order valence-corrected chi connectivity index (χ2v) is 6.31. The molecule has 0 N–H and O–H groups in total. The van der Waals surface area contributed by atoms with E-state index in [9.17, 15) is 5.26 Å². The van der Waals surface area contributed by atoms with Crippen molar-refractivity contribution in [3.63, 3.8) is 0 Å². The second kappa shape index (κ2) is 5.10. The summed E-state index contributed by atoms with van der Waals surface area (Å²) in [6.07, 6.45) is 5.55. The largest absolute Gasteiger partial charge is 0.284 e. The summed E-state index contributed by atoms with van der Waals surface area (Å²) in [7, 11) is 0. The number of benzene rings is 1. The van der Waals surface area contributed by atoms with Gasteiger partial charge in [0.05, 0.1) is 17.4 Å². The Morgan fingerprint density at radius 3 is 2.77 bits per heavy atom. The highest BCUT2D eigenvalue weighted by atomic mass is 15.4. The predicted molar refractivity (Wildman–Crippen MR) is 93.4 cm³/mol. The van der Waals surface area contributed by atoms with Crippen LogP contribution in [0.15, 0.2) is 36.8 Å². The minimum atomic E-state index is 0.0841. The van der Waals surface area contributed by atoms with Crippen molar-refractivity contribution < 1.29 is 0 Å². The standard InChI is InChI=1S/C17H13N9/c1-10(2)14-15(25(8-18)23-20-14)17-22-21-16-11-5-3-4-6-12(11)24-9-19-7-13(24)26(16)17/h3-7,9-10H,1-2H3. The molecule has 5 rings (SSSR count). The lowest BCUT2D eigenvalue weighted by atomic mass is 10.1. The van der Waals surface area contributed by atoms with Crippen molar-refractivity contribution in [2.75, 3.05) is 0 Å². The summed E-state index contributed by atoms with van der Waals surface area (Å²) in [5.41, 5.74) is 3.74. The Balaban J connectivity index is 2.00. The normalized spacial score (nSPS) is 11.8. The molecule has 0 unspecified atom stereocenters. The first kappa shape index (κ1) is 14.5. The first-order valence-corrected chi connectivity index (χ1v) is 8.14. The average molecular weight is 343 g/mol. The molecule has 0 fully saturated rings. The lowest BCUT2D eigenvalue weighted by Gasteiger charge is -2.08. The van der Waals surface area contributed by atoms with E-state index in [2.05, 4.69) is 25.5 Å². The van der Waals surface area contributed by atoms with E-state index in [1.54, 1.807) is 12.5 Å². The molecule has 0 atom stereocenters. The van der Waals surface area contributed by atoms with Crippen molar-refractivity contribution in [2.45, 2.75) is 19.8 Å². The molecule has 0 saturated carbocycles. The Kier molecular flexibility index (Phi) is 2.85. The fourth-order valence-corrected chi connectivity index (χ4v) is 3.30. The van der Waals surface area contributed by atoms with Gasteiger partial charge in [-0.25, -0.2) is 4.98 Å². The van der Waals surface area contributed by atoms with Gasteiger partial charge in [0, 0.05) is 5.39 Å². The number of hydrogen-bond acceptors (Lipinski definition) is 6. The maximum absolute atomic E-state index is 9.46. The SMILES string of the molecule is CC(C)c1nnn(C#N)c1-c1nnc2c3ccccc3n3cncc3n12. The molecule has 126 valence electrons. The molecule has 0 amide bonds. The number of para-hydroxylation sites is 1. The highest BCUT2D eigenvalue weighted by Gasteiger charge is 2.24. The summed E-state index contributed by atoms with van der Waals surface area (Å²) in [6.45, 7) is 4.00. The molecule has 1 aromatic carbocycles. The van der Waals surface area contributed by atoms with Crippen molar-refractivity contribution in [2.24, 2.45) is 0 Å². The zero-order valence-electron chi connectivity index (χ0n) is 14.1. The lowest BCUT2D eigenvalue weighted by Crippen LogP contribution is -2.03. The maximum Gasteiger partial charge on any atom is 0.208 e. The molecule has 4 heterocycles. The molecular weight excluding hydrogens is 330 g/mol. The van der Waals surface area contributed by atoms with Crippen LogP contribution in [0.25, 0.3) is 33.7 Å². The van der Waals surface area contributed by atoms with Gasteiger partial charge in [0.15, 0.2) is 11.5 Å². The van der Waals surface area contributed by atoms with Crippen LogP contribution in [0.5, 0.6) is 0 Å². The molecule has 0 spiro atoms. The van der Waals surface area contributed by atoms with Crippen molar-refractivity contribution in [3.8, 4) is 17.7 Å². The van der Waals surface area contributed by atoms with Crippen molar-refractivity contribution in [1.29, 1.82) is 5.26 Å². The van der Waals surface area contributed by atoms with E-state index in [0.29, 0.717) is 22.9 Å². The summed E-state index contributed by atoms with van der Waals surface area (Å²) >= 11 is 0. The van der Waals surface area contributed by atoms with Crippen molar-refractivity contribution in [3.05, 3.63) is 42.5 Å². The topological polar surface area (TPSA) is 102 Å². The Hall–Kier alpha value is -3.80. The maximum atomic E-state index is 9.46. The van der Waals surface area contributed by atoms with Gasteiger partial charge in [0.1, 0.15) is 17.7 Å². The van der Waals surface area contributed by atoms with Crippen LogP contribution in [0.1, 0.15) is 25.5 Å². The summed E-state index contributed by atoms with van der Waals surface area (Å²) in [4.78, 5) is 4.29. The van der Waals surface area contributed by atoms with E-state index in [-0.39, 0.29) is 5.92 Å².